The number of benzene rings is 1. The molecule has 2 aromatic rings. The summed E-state index contributed by atoms with van der Waals surface area (Å²) in [6, 6.07) is 3.49. The number of anilines is 2. The number of halogens is 2. The molecule has 1 aliphatic heterocycles. The predicted octanol–water partition coefficient (Wildman–Crippen LogP) is 4.28. The van der Waals surface area contributed by atoms with Gasteiger partial charge in [-0.05, 0) is 37.7 Å². The first-order valence-electron chi connectivity index (χ1n) is 14.0. The fraction of sp³-hybridized carbons (Fsp3) is 0.655. The number of nitrogens with two attached hydrogens (primary N) is 1. The molecule has 0 amide bonds. The number of hydrogen-bond acceptors (Lipinski definition) is 7. The molecule has 4 rings (SSSR count). The Morgan fingerprint density at radius 2 is 1.87 bits per heavy atom. The van der Waals surface area contributed by atoms with Gasteiger partial charge in [0.1, 0.15) is 23.0 Å². The van der Waals surface area contributed by atoms with Crippen LogP contribution in [-0.4, -0.2) is 46.0 Å². The topological polar surface area (TPSA) is 93.9 Å². The Kier molecular flexibility index (Phi) is 10.3. The molecular formula is C29H41F2N3O4. The lowest BCUT2D eigenvalue weighted by atomic mass is 9.84. The summed E-state index contributed by atoms with van der Waals surface area (Å²) in [6.45, 7) is 2.31. The number of methoxy groups -OCH3 is 1. The third-order valence-corrected chi connectivity index (χ3v) is 8.12. The van der Waals surface area contributed by atoms with Gasteiger partial charge in [0, 0.05) is 63.5 Å². The lowest BCUT2D eigenvalue weighted by molar-refractivity contribution is -0.00438. The highest BCUT2D eigenvalue weighted by Gasteiger charge is 2.35. The summed E-state index contributed by atoms with van der Waals surface area (Å²) in [7, 11) is 1.61. The van der Waals surface area contributed by atoms with Gasteiger partial charge in [-0.25, -0.2) is 8.78 Å². The van der Waals surface area contributed by atoms with Crippen molar-refractivity contribution in [1.82, 2.24) is 0 Å². The van der Waals surface area contributed by atoms with Crippen LogP contribution in [0.25, 0.3) is 0 Å². The van der Waals surface area contributed by atoms with Crippen LogP contribution in [0.3, 0.4) is 0 Å². The van der Waals surface area contributed by atoms with Crippen molar-refractivity contribution in [3.05, 3.63) is 55.8 Å². The molecule has 3 atom stereocenters. The summed E-state index contributed by atoms with van der Waals surface area (Å²) in [5.41, 5.74) is 6.12. The van der Waals surface area contributed by atoms with Crippen LogP contribution in [-0.2, 0) is 9.47 Å². The van der Waals surface area contributed by atoms with Gasteiger partial charge >= 0.3 is 0 Å². The van der Waals surface area contributed by atoms with Crippen molar-refractivity contribution in [3.8, 4) is 0 Å². The first-order valence-corrected chi connectivity index (χ1v) is 14.0. The number of piperidine rings is 1. The van der Waals surface area contributed by atoms with Gasteiger partial charge in [0.25, 0.3) is 10.9 Å². The maximum absolute atomic E-state index is 14.8. The molecule has 210 valence electrons. The number of ether oxygens (including phenoxy) is 2. The minimum Gasteiger partial charge on any atom is -0.385 e. The molecule has 3 N–H and O–H groups in total. The predicted molar refractivity (Wildman–Crippen MR) is 145 cm³/mol. The van der Waals surface area contributed by atoms with E-state index in [9.17, 15) is 18.4 Å². The van der Waals surface area contributed by atoms with Crippen molar-refractivity contribution in [1.29, 1.82) is 0 Å². The summed E-state index contributed by atoms with van der Waals surface area (Å²) < 4.78 is 39.7. The molecule has 1 saturated carbocycles. The van der Waals surface area contributed by atoms with E-state index in [2.05, 4.69) is 5.32 Å². The van der Waals surface area contributed by atoms with E-state index in [1.165, 1.54) is 44.2 Å². The van der Waals surface area contributed by atoms with Crippen LogP contribution >= 0.6 is 0 Å². The fourth-order valence-electron chi connectivity index (χ4n) is 6.14. The van der Waals surface area contributed by atoms with E-state index >= 15 is 0 Å². The average molecular weight is 534 g/mol. The zero-order chi connectivity index (χ0) is 27.1. The third kappa shape index (κ3) is 6.79. The standard InChI is InChI=1S/C29H41F2N3O4/c1-37-13-6-14-38-29(23-11-10-21(30)16-24(23)31)20-9-5-12-34(18-20)26-25(27(35)28(26)36)33-22(17-32)15-19-7-3-2-4-8-19/h10-11,16,19-20,22,29,33H,2-9,12-15,17-18,32H2,1H3/t20-,22+,29?/m1/s1. The molecular weight excluding hydrogens is 492 g/mol. The summed E-state index contributed by atoms with van der Waals surface area (Å²) in [5.74, 6) is -0.850. The molecule has 1 aliphatic carbocycles. The number of hydrogen-bond donors (Lipinski definition) is 2. The molecule has 0 radical (unpaired) electrons. The van der Waals surface area contributed by atoms with Gasteiger partial charge in [-0.3, -0.25) is 9.59 Å². The number of rotatable bonds is 13. The van der Waals surface area contributed by atoms with E-state index in [4.69, 9.17) is 15.2 Å². The van der Waals surface area contributed by atoms with Crippen molar-refractivity contribution < 1.29 is 18.3 Å². The maximum Gasteiger partial charge on any atom is 0.253 e. The molecule has 0 aromatic heterocycles. The van der Waals surface area contributed by atoms with Gasteiger partial charge in [0.15, 0.2) is 0 Å². The summed E-state index contributed by atoms with van der Waals surface area (Å²) in [6.07, 6.45) is 8.51. The van der Waals surface area contributed by atoms with Crippen LogP contribution < -0.4 is 26.8 Å². The minimum absolute atomic E-state index is 0.0640. The van der Waals surface area contributed by atoms with Crippen molar-refractivity contribution >= 4 is 11.4 Å². The monoisotopic (exact) mass is 533 g/mol. The van der Waals surface area contributed by atoms with Crippen LogP contribution in [0.2, 0.25) is 0 Å². The van der Waals surface area contributed by atoms with E-state index in [0.29, 0.717) is 62.1 Å². The highest BCUT2D eigenvalue weighted by molar-refractivity contribution is 5.75. The minimum atomic E-state index is -0.649. The molecule has 1 saturated heterocycles. The van der Waals surface area contributed by atoms with Crippen LogP contribution in [0.4, 0.5) is 20.2 Å². The fourth-order valence-corrected chi connectivity index (χ4v) is 6.14. The summed E-state index contributed by atoms with van der Waals surface area (Å²) in [5, 5.41) is 3.31. The Morgan fingerprint density at radius 1 is 1.08 bits per heavy atom. The van der Waals surface area contributed by atoms with Gasteiger partial charge in [-0.2, -0.15) is 0 Å². The Balaban J connectivity index is 1.50. The Morgan fingerprint density at radius 3 is 2.58 bits per heavy atom. The molecule has 2 aromatic carbocycles. The van der Waals surface area contributed by atoms with Crippen molar-refractivity contribution in [2.24, 2.45) is 17.6 Å². The molecule has 1 unspecified atom stereocenters. The molecule has 2 aliphatic rings. The number of nitrogens with one attached hydrogen (secondary N) is 1. The summed E-state index contributed by atoms with van der Waals surface area (Å²) >= 11 is 0. The Labute approximate surface area is 223 Å². The maximum atomic E-state index is 14.8. The van der Waals surface area contributed by atoms with Gasteiger partial charge < -0.3 is 25.4 Å². The third-order valence-electron chi connectivity index (χ3n) is 8.12. The largest absolute Gasteiger partial charge is 0.385 e. The van der Waals surface area contributed by atoms with E-state index in [0.717, 1.165) is 25.3 Å². The molecule has 38 heavy (non-hydrogen) atoms. The van der Waals surface area contributed by atoms with E-state index in [-0.39, 0.29) is 12.0 Å². The normalized spacial score (nSPS) is 20.5. The van der Waals surface area contributed by atoms with Crippen LogP contribution in [0.1, 0.15) is 69.5 Å². The highest BCUT2D eigenvalue weighted by Crippen LogP contribution is 2.37. The summed E-state index contributed by atoms with van der Waals surface area (Å²) in [4.78, 5) is 27.3. The van der Waals surface area contributed by atoms with Crippen LogP contribution in [0.5, 0.6) is 0 Å². The zero-order valence-corrected chi connectivity index (χ0v) is 22.4. The Bertz CT molecular complexity index is 1110. The SMILES string of the molecule is COCCCOC(c1ccc(F)cc1F)[C@@H]1CCCN(c2c(N[C@H](CN)CC3CCCCC3)c(=O)c2=O)C1. The van der Waals surface area contributed by atoms with E-state index < -0.39 is 28.6 Å². The van der Waals surface area contributed by atoms with Crippen molar-refractivity contribution in [2.75, 3.05) is 50.2 Å². The Hall–Kier alpha value is -2.36. The molecule has 0 bridgehead atoms. The smallest absolute Gasteiger partial charge is 0.253 e. The molecule has 2 fully saturated rings. The lowest BCUT2D eigenvalue weighted by Gasteiger charge is -2.39. The molecule has 1 heterocycles. The van der Waals surface area contributed by atoms with Gasteiger partial charge in [0.2, 0.25) is 0 Å². The first-order chi connectivity index (χ1) is 18.4. The average Bonchev–Trinajstić information content (AvgIpc) is 2.93. The van der Waals surface area contributed by atoms with Gasteiger partial charge in [-0.15, -0.1) is 0 Å². The second-order valence-electron chi connectivity index (χ2n) is 10.9. The quantitative estimate of drug-likeness (QED) is 0.293. The van der Waals surface area contributed by atoms with Gasteiger partial charge in [0.05, 0.1) is 6.10 Å². The first kappa shape index (κ1) is 28.6. The molecule has 9 heteroatoms. The highest BCUT2D eigenvalue weighted by atomic mass is 19.1. The van der Waals surface area contributed by atoms with Gasteiger partial charge in [-0.1, -0.05) is 38.2 Å². The van der Waals surface area contributed by atoms with Crippen molar-refractivity contribution in [3.63, 3.8) is 0 Å². The van der Waals surface area contributed by atoms with E-state index in [1.807, 2.05) is 4.90 Å². The molecule has 0 spiro atoms. The van der Waals surface area contributed by atoms with Crippen LogP contribution in [0, 0.1) is 23.5 Å². The second kappa shape index (κ2) is 13.6. The molecule has 7 nitrogen and oxygen atoms in total. The van der Waals surface area contributed by atoms with Crippen molar-refractivity contribution in [2.45, 2.75) is 69.9 Å². The second-order valence-corrected chi connectivity index (χ2v) is 10.9. The van der Waals surface area contributed by atoms with Crippen LogP contribution in [0.15, 0.2) is 27.8 Å². The lowest BCUT2D eigenvalue weighted by Crippen LogP contribution is -2.49. The van der Waals surface area contributed by atoms with E-state index in [1.54, 1.807) is 7.11 Å². The number of nitrogens with zero attached hydrogens (tertiary/aromatic N) is 1. The zero-order valence-electron chi connectivity index (χ0n) is 22.4.